The normalized spacial score (nSPS) is 13.8. The van der Waals surface area contributed by atoms with Crippen LogP contribution in [0.15, 0.2) is 29.6 Å². The molecule has 104 valence electrons. The van der Waals surface area contributed by atoms with Gasteiger partial charge in [0.1, 0.15) is 0 Å². The Kier molecular flexibility index (Phi) is 3.88. The predicted octanol–water partition coefficient (Wildman–Crippen LogP) is 4.44. The van der Waals surface area contributed by atoms with E-state index in [0.29, 0.717) is 0 Å². The quantitative estimate of drug-likeness (QED) is 0.887. The van der Waals surface area contributed by atoms with Gasteiger partial charge in [0.25, 0.3) is 5.91 Å². The van der Waals surface area contributed by atoms with Gasteiger partial charge in [-0.05, 0) is 55.4 Å². The zero-order valence-corrected chi connectivity index (χ0v) is 12.6. The van der Waals surface area contributed by atoms with Gasteiger partial charge >= 0.3 is 0 Å². The van der Waals surface area contributed by atoms with Crippen LogP contribution in [0.2, 0.25) is 0 Å². The molecule has 1 aromatic carbocycles. The SMILES string of the molecule is CCc1ccc(NC(=O)c2csc3c2CCCC3)cc1. The molecule has 0 aliphatic heterocycles. The lowest BCUT2D eigenvalue weighted by atomic mass is 9.95. The van der Waals surface area contributed by atoms with Gasteiger partial charge in [-0.1, -0.05) is 19.1 Å². The van der Waals surface area contributed by atoms with Gasteiger partial charge in [0.15, 0.2) is 0 Å². The van der Waals surface area contributed by atoms with Gasteiger partial charge in [-0.25, -0.2) is 0 Å². The molecule has 0 bridgehead atoms. The van der Waals surface area contributed by atoms with Crippen molar-refractivity contribution < 1.29 is 4.79 Å². The number of hydrogen-bond acceptors (Lipinski definition) is 2. The zero-order chi connectivity index (χ0) is 13.9. The summed E-state index contributed by atoms with van der Waals surface area (Å²) in [6.45, 7) is 2.13. The van der Waals surface area contributed by atoms with E-state index in [2.05, 4.69) is 24.4 Å². The van der Waals surface area contributed by atoms with Gasteiger partial charge in [0.05, 0.1) is 5.56 Å². The summed E-state index contributed by atoms with van der Waals surface area (Å²) >= 11 is 1.74. The number of fused-ring (bicyclic) bond motifs is 1. The van der Waals surface area contributed by atoms with Crippen molar-refractivity contribution in [1.82, 2.24) is 0 Å². The summed E-state index contributed by atoms with van der Waals surface area (Å²) < 4.78 is 0. The standard InChI is InChI=1S/C17H19NOS/c1-2-12-7-9-13(10-8-12)18-17(19)15-11-20-16-6-4-3-5-14(15)16/h7-11H,2-6H2,1H3,(H,18,19). The van der Waals surface area contributed by atoms with Crippen molar-refractivity contribution in [3.8, 4) is 0 Å². The van der Waals surface area contributed by atoms with Crippen LogP contribution in [0.4, 0.5) is 5.69 Å². The van der Waals surface area contributed by atoms with Crippen molar-refractivity contribution in [3.05, 3.63) is 51.2 Å². The second-order valence-corrected chi connectivity index (χ2v) is 6.23. The molecule has 20 heavy (non-hydrogen) atoms. The molecule has 1 aliphatic carbocycles. The molecule has 0 saturated heterocycles. The van der Waals surface area contributed by atoms with Crippen LogP contribution in [0.3, 0.4) is 0 Å². The summed E-state index contributed by atoms with van der Waals surface area (Å²) in [6.07, 6.45) is 5.67. The Balaban J connectivity index is 1.77. The van der Waals surface area contributed by atoms with E-state index in [4.69, 9.17) is 0 Å². The van der Waals surface area contributed by atoms with E-state index < -0.39 is 0 Å². The molecule has 1 heterocycles. The Morgan fingerprint density at radius 1 is 1.20 bits per heavy atom. The molecule has 2 nitrogen and oxygen atoms in total. The van der Waals surface area contributed by atoms with E-state index in [0.717, 1.165) is 30.5 Å². The first-order chi connectivity index (χ1) is 9.78. The summed E-state index contributed by atoms with van der Waals surface area (Å²) in [4.78, 5) is 13.8. The van der Waals surface area contributed by atoms with Gasteiger partial charge in [0.2, 0.25) is 0 Å². The Hall–Kier alpha value is -1.61. The molecule has 0 atom stereocenters. The lowest BCUT2D eigenvalue weighted by molar-refractivity contribution is 0.102. The van der Waals surface area contributed by atoms with Crippen molar-refractivity contribution in [1.29, 1.82) is 0 Å². The number of anilines is 1. The zero-order valence-electron chi connectivity index (χ0n) is 11.7. The van der Waals surface area contributed by atoms with Gasteiger partial charge in [-0.3, -0.25) is 4.79 Å². The van der Waals surface area contributed by atoms with Crippen LogP contribution in [0.1, 0.15) is 46.1 Å². The van der Waals surface area contributed by atoms with E-state index in [-0.39, 0.29) is 5.91 Å². The largest absolute Gasteiger partial charge is 0.322 e. The van der Waals surface area contributed by atoms with E-state index in [1.165, 1.54) is 28.8 Å². The topological polar surface area (TPSA) is 29.1 Å². The number of hydrogen-bond donors (Lipinski definition) is 1. The number of aryl methyl sites for hydroxylation is 2. The van der Waals surface area contributed by atoms with Gasteiger partial charge < -0.3 is 5.32 Å². The second kappa shape index (κ2) is 5.80. The highest BCUT2D eigenvalue weighted by Gasteiger charge is 2.19. The molecular weight excluding hydrogens is 266 g/mol. The summed E-state index contributed by atoms with van der Waals surface area (Å²) in [7, 11) is 0. The fraction of sp³-hybridized carbons (Fsp3) is 0.353. The molecule has 2 aromatic rings. The lowest BCUT2D eigenvalue weighted by Crippen LogP contribution is -2.14. The van der Waals surface area contributed by atoms with Crippen LogP contribution >= 0.6 is 11.3 Å². The first kappa shape index (κ1) is 13.4. The number of benzene rings is 1. The van der Waals surface area contributed by atoms with Crippen molar-refractivity contribution in [2.45, 2.75) is 39.0 Å². The van der Waals surface area contributed by atoms with E-state index >= 15 is 0 Å². The van der Waals surface area contributed by atoms with Gasteiger partial charge in [0, 0.05) is 15.9 Å². The van der Waals surface area contributed by atoms with E-state index in [1.54, 1.807) is 11.3 Å². The molecule has 1 aromatic heterocycles. The molecule has 0 spiro atoms. The summed E-state index contributed by atoms with van der Waals surface area (Å²) in [5, 5.41) is 5.03. The van der Waals surface area contributed by atoms with Crippen LogP contribution < -0.4 is 5.32 Å². The van der Waals surface area contributed by atoms with Crippen LogP contribution in [-0.4, -0.2) is 5.91 Å². The van der Waals surface area contributed by atoms with Crippen molar-refractivity contribution in [2.24, 2.45) is 0 Å². The minimum absolute atomic E-state index is 0.0358. The highest BCUT2D eigenvalue weighted by atomic mass is 32.1. The van der Waals surface area contributed by atoms with Gasteiger partial charge in [-0.15, -0.1) is 11.3 Å². The third kappa shape index (κ3) is 2.63. The number of nitrogens with one attached hydrogen (secondary N) is 1. The molecule has 1 amide bonds. The Morgan fingerprint density at radius 3 is 2.70 bits per heavy atom. The minimum Gasteiger partial charge on any atom is -0.322 e. The molecular formula is C17H19NOS. The Labute approximate surface area is 123 Å². The number of thiophene rings is 1. The number of carbonyl (C=O) groups excluding carboxylic acids is 1. The highest BCUT2D eigenvalue weighted by molar-refractivity contribution is 7.10. The smallest absolute Gasteiger partial charge is 0.256 e. The third-order valence-electron chi connectivity index (χ3n) is 3.93. The maximum Gasteiger partial charge on any atom is 0.256 e. The monoisotopic (exact) mass is 285 g/mol. The first-order valence-corrected chi connectivity index (χ1v) is 8.15. The van der Waals surface area contributed by atoms with E-state index in [1.807, 2.05) is 17.5 Å². The molecule has 0 unspecified atom stereocenters. The fourth-order valence-electron chi connectivity index (χ4n) is 2.71. The maximum atomic E-state index is 12.4. The summed E-state index contributed by atoms with van der Waals surface area (Å²) in [5.41, 5.74) is 4.33. The second-order valence-electron chi connectivity index (χ2n) is 5.26. The average Bonchev–Trinajstić information content (AvgIpc) is 2.92. The van der Waals surface area contributed by atoms with E-state index in [9.17, 15) is 4.79 Å². The van der Waals surface area contributed by atoms with Crippen LogP contribution in [0.5, 0.6) is 0 Å². The highest BCUT2D eigenvalue weighted by Crippen LogP contribution is 2.30. The molecule has 3 rings (SSSR count). The molecule has 1 aliphatic rings. The van der Waals surface area contributed by atoms with Crippen LogP contribution in [0.25, 0.3) is 0 Å². The Bertz CT molecular complexity index is 612. The lowest BCUT2D eigenvalue weighted by Gasteiger charge is -2.12. The number of carbonyl (C=O) groups is 1. The fourth-order valence-corrected chi connectivity index (χ4v) is 3.83. The molecule has 3 heteroatoms. The Morgan fingerprint density at radius 2 is 1.95 bits per heavy atom. The number of rotatable bonds is 3. The number of amides is 1. The minimum atomic E-state index is 0.0358. The molecule has 0 saturated carbocycles. The summed E-state index contributed by atoms with van der Waals surface area (Å²) in [5.74, 6) is 0.0358. The first-order valence-electron chi connectivity index (χ1n) is 7.27. The maximum absolute atomic E-state index is 12.4. The molecule has 1 N–H and O–H groups in total. The van der Waals surface area contributed by atoms with Gasteiger partial charge in [-0.2, -0.15) is 0 Å². The summed E-state index contributed by atoms with van der Waals surface area (Å²) in [6, 6.07) is 8.10. The van der Waals surface area contributed by atoms with Crippen LogP contribution in [-0.2, 0) is 19.3 Å². The van der Waals surface area contributed by atoms with Crippen molar-refractivity contribution in [2.75, 3.05) is 5.32 Å². The predicted molar refractivity (Wildman–Crippen MR) is 84.7 cm³/mol. The molecule has 0 fully saturated rings. The van der Waals surface area contributed by atoms with Crippen LogP contribution in [0, 0.1) is 0 Å². The third-order valence-corrected chi connectivity index (χ3v) is 5.01. The van der Waals surface area contributed by atoms with Crippen molar-refractivity contribution in [3.63, 3.8) is 0 Å². The van der Waals surface area contributed by atoms with Crippen molar-refractivity contribution >= 4 is 22.9 Å². The molecule has 0 radical (unpaired) electrons. The average molecular weight is 285 g/mol.